The van der Waals surface area contributed by atoms with Gasteiger partial charge in [0.2, 0.25) is 0 Å². The number of carbonyl (C=O) groups is 1. The molecule has 1 aliphatic heterocycles. The highest BCUT2D eigenvalue weighted by molar-refractivity contribution is 5.69. The summed E-state index contributed by atoms with van der Waals surface area (Å²) in [6, 6.07) is 0. The van der Waals surface area contributed by atoms with Gasteiger partial charge in [-0.25, -0.2) is 4.79 Å². The third-order valence-corrected chi connectivity index (χ3v) is 3.29. The van der Waals surface area contributed by atoms with Crippen molar-refractivity contribution in [2.75, 3.05) is 13.1 Å². The number of piperidine rings is 1. The van der Waals surface area contributed by atoms with Gasteiger partial charge in [0, 0.05) is 25.0 Å². The molecule has 5 heteroatoms. The fraction of sp³-hybridized carbons (Fsp3) is 0.923. The molecule has 5 nitrogen and oxygen atoms in total. The van der Waals surface area contributed by atoms with Crippen LogP contribution < -0.4 is 5.73 Å². The van der Waals surface area contributed by atoms with Gasteiger partial charge < -0.3 is 20.5 Å². The molecule has 0 saturated carbocycles. The molecule has 1 saturated heterocycles. The predicted molar refractivity (Wildman–Crippen MR) is 70.3 cm³/mol. The first kappa shape index (κ1) is 15.2. The zero-order valence-electron chi connectivity index (χ0n) is 12.1. The highest BCUT2D eigenvalue weighted by atomic mass is 16.6. The van der Waals surface area contributed by atoms with E-state index in [9.17, 15) is 9.90 Å². The minimum Gasteiger partial charge on any atom is -0.444 e. The summed E-state index contributed by atoms with van der Waals surface area (Å²) in [4.78, 5) is 13.8. The maximum Gasteiger partial charge on any atom is 0.410 e. The summed E-state index contributed by atoms with van der Waals surface area (Å²) in [7, 11) is 0. The van der Waals surface area contributed by atoms with E-state index in [1.807, 2.05) is 34.6 Å². The van der Waals surface area contributed by atoms with Crippen LogP contribution in [0.15, 0.2) is 0 Å². The van der Waals surface area contributed by atoms with Crippen LogP contribution >= 0.6 is 0 Å². The maximum atomic E-state index is 12.1. The monoisotopic (exact) mass is 258 g/mol. The molecular formula is C13H26N2O3. The van der Waals surface area contributed by atoms with Gasteiger partial charge >= 0.3 is 6.09 Å². The minimum absolute atomic E-state index is 0.221. The summed E-state index contributed by atoms with van der Waals surface area (Å²) >= 11 is 0. The smallest absolute Gasteiger partial charge is 0.410 e. The molecule has 1 aliphatic rings. The molecule has 106 valence electrons. The number of aliphatic hydroxyl groups is 1. The number of nitrogens with two attached hydrogens (primary N) is 1. The van der Waals surface area contributed by atoms with Crippen LogP contribution in [0.3, 0.4) is 0 Å². The van der Waals surface area contributed by atoms with Gasteiger partial charge in [-0.05, 0) is 41.0 Å². The van der Waals surface area contributed by atoms with Crippen molar-refractivity contribution in [3.05, 3.63) is 0 Å². The summed E-state index contributed by atoms with van der Waals surface area (Å²) in [5, 5.41) is 10.2. The van der Waals surface area contributed by atoms with Crippen molar-refractivity contribution in [1.82, 2.24) is 4.90 Å². The van der Waals surface area contributed by atoms with Gasteiger partial charge in [-0.2, -0.15) is 0 Å². The van der Waals surface area contributed by atoms with Crippen molar-refractivity contribution in [2.45, 2.75) is 64.2 Å². The average molecular weight is 258 g/mol. The second-order valence-electron chi connectivity index (χ2n) is 6.80. The first-order valence-electron chi connectivity index (χ1n) is 6.42. The second-order valence-corrected chi connectivity index (χ2v) is 6.80. The van der Waals surface area contributed by atoms with Crippen LogP contribution in [0.1, 0.15) is 47.5 Å². The van der Waals surface area contributed by atoms with Gasteiger partial charge in [-0.15, -0.1) is 0 Å². The van der Waals surface area contributed by atoms with Crippen molar-refractivity contribution in [3.63, 3.8) is 0 Å². The van der Waals surface area contributed by atoms with Crippen LogP contribution in [0.25, 0.3) is 0 Å². The van der Waals surface area contributed by atoms with Crippen molar-refractivity contribution in [2.24, 2.45) is 5.73 Å². The molecule has 1 amide bonds. The summed E-state index contributed by atoms with van der Waals surface area (Å²) in [6.07, 6.45) is 0.633. The molecule has 18 heavy (non-hydrogen) atoms. The van der Waals surface area contributed by atoms with E-state index in [0.29, 0.717) is 19.4 Å². The van der Waals surface area contributed by atoms with E-state index in [1.54, 1.807) is 4.90 Å². The van der Waals surface area contributed by atoms with Crippen molar-refractivity contribution in [1.29, 1.82) is 0 Å². The topological polar surface area (TPSA) is 75.8 Å². The van der Waals surface area contributed by atoms with Crippen LogP contribution in [0.2, 0.25) is 0 Å². The van der Waals surface area contributed by atoms with Crippen LogP contribution in [0.4, 0.5) is 4.79 Å². The van der Waals surface area contributed by atoms with Gasteiger partial charge in [0.25, 0.3) is 0 Å². The summed E-state index contributed by atoms with van der Waals surface area (Å²) in [5.41, 5.74) is 3.77. The largest absolute Gasteiger partial charge is 0.444 e. The van der Waals surface area contributed by atoms with Crippen molar-refractivity contribution in [3.8, 4) is 0 Å². The zero-order valence-corrected chi connectivity index (χ0v) is 12.1. The minimum atomic E-state index is -0.873. The van der Waals surface area contributed by atoms with Gasteiger partial charge in [-0.3, -0.25) is 0 Å². The summed E-state index contributed by atoms with van der Waals surface area (Å²) < 4.78 is 5.39. The van der Waals surface area contributed by atoms with Crippen molar-refractivity contribution >= 4 is 6.09 Å². The number of likely N-dealkylation sites (tertiary alicyclic amines) is 1. The molecule has 0 radical (unpaired) electrons. The molecule has 0 bridgehead atoms. The SMILES string of the molecule is CC(C)(C)OC(=O)N1CCC(O)(CN)CC1(C)C. The Labute approximate surface area is 109 Å². The Kier molecular flexibility index (Phi) is 3.98. The molecule has 1 unspecified atom stereocenters. The summed E-state index contributed by atoms with van der Waals surface area (Å²) in [6.45, 7) is 10.1. The highest BCUT2D eigenvalue weighted by Gasteiger charge is 2.45. The first-order chi connectivity index (χ1) is 7.99. The van der Waals surface area contributed by atoms with Crippen LogP contribution in [-0.2, 0) is 4.74 Å². The lowest BCUT2D eigenvalue weighted by molar-refractivity contribution is -0.0739. The van der Waals surface area contributed by atoms with E-state index in [-0.39, 0.29) is 12.6 Å². The van der Waals surface area contributed by atoms with E-state index in [2.05, 4.69) is 0 Å². The number of nitrogens with zero attached hydrogens (tertiary/aromatic N) is 1. The Hall–Kier alpha value is -0.810. The molecule has 0 aromatic heterocycles. The van der Waals surface area contributed by atoms with E-state index in [4.69, 9.17) is 10.5 Å². The fourth-order valence-electron chi connectivity index (χ4n) is 2.44. The Morgan fingerprint density at radius 1 is 1.44 bits per heavy atom. The standard InChI is InChI=1S/C13H26N2O3/c1-11(2,3)18-10(16)15-7-6-13(17,9-14)8-12(15,4)5/h17H,6-9,14H2,1-5H3. The second kappa shape index (κ2) is 4.70. The number of amides is 1. The maximum absolute atomic E-state index is 12.1. The Morgan fingerprint density at radius 3 is 2.39 bits per heavy atom. The van der Waals surface area contributed by atoms with E-state index in [1.165, 1.54) is 0 Å². The van der Waals surface area contributed by atoms with Gasteiger partial charge in [0.05, 0.1) is 5.60 Å². The molecule has 1 heterocycles. The Balaban J connectivity index is 2.78. The number of hydrogen-bond acceptors (Lipinski definition) is 4. The lowest BCUT2D eigenvalue weighted by atomic mass is 9.79. The Morgan fingerprint density at radius 2 is 2.00 bits per heavy atom. The Bertz CT molecular complexity index is 323. The third-order valence-electron chi connectivity index (χ3n) is 3.29. The highest BCUT2D eigenvalue weighted by Crippen LogP contribution is 2.34. The third kappa shape index (κ3) is 3.59. The molecule has 1 rings (SSSR count). The first-order valence-corrected chi connectivity index (χ1v) is 6.42. The number of ether oxygens (including phenoxy) is 1. The number of carbonyl (C=O) groups excluding carboxylic acids is 1. The lowest BCUT2D eigenvalue weighted by Crippen LogP contribution is -2.60. The molecule has 0 aliphatic carbocycles. The molecule has 0 aromatic rings. The predicted octanol–water partition coefficient (Wildman–Crippen LogP) is 1.49. The van der Waals surface area contributed by atoms with Gasteiger partial charge in [-0.1, -0.05) is 0 Å². The van der Waals surface area contributed by atoms with Crippen LogP contribution in [0.5, 0.6) is 0 Å². The van der Waals surface area contributed by atoms with Gasteiger partial charge in [0.15, 0.2) is 0 Å². The van der Waals surface area contributed by atoms with E-state index < -0.39 is 16.7 Å². The molecule has 0 aromatic carbocycles. The number of rotatable bonds is 1. The molecule has 1 atom stereocenters. The fourth-order valence-corrected chi connectivity index (χ4v) is 2.44. The van der Waals surface area contributed by atoms with Gasteiger partial charge in [0.1, 0.15) is 5.60 Å². The van der Waals surface area contributed by atoms with Crippen molar-refractivity contribution < 1.29 is 14.6 Å². The lowest BCUT2D eigenvalue weighted by Gasteiger charge is -2.48. The van der Waals surface area contributed by atoms with Crippen LogP contribution in [-0.4, -0.2) is 45.9 Å². The van der Waals surface area contributed by atoms with Crippen LogP contribution in [0, 0.1) is 0 Å². The van der Waals surface area contributed by atoms with E-state index >= 15 is 0 Å². The normalized spacial score (nSPS) is 28.1. The zero-order chi connectivity index (χ0) is 14.2. The van der Waals surface area contributed by atoms with E-state index in [0.717, 1.165) is 0 Å². The summed E-state index contributed by atoms with van der Waals surface area (Å²) in [5.74, 6) is 0. The molecule has 0 spiro atoms. The number of hydrogen-bond donors (Lipinski definition) is 2. The molecular weight excluding hydrogens is 232 g/mol. The molecule has 1 fully saturated rings. The average Bonchev–Trinajstić information content (AvgIpc) is 2.12. The quantitative estimate of drug-likeness (QED) is 0.747. The molecule has 3 N–H and O–H groups in total.